The average molecular weight is 418 g/mol. The van der Waals surface area contributed by atoms with E-state index in [1.54, 1.807) is 31.2 Å². The normalized spacial score (nSPS) is 13.8. The number of nitrogens with one attached hydrogen (secondary N) is 2. The molecule has 1 heterocycles. The largest absolute Gasteiger partial charge is 0.573 e. The Morgan fingerprint density at radius 3 is 2.53 bits per heavy atom. The predicted molar refractivity (Wildman–Crippen MR) is 105 cm³/mol. The van der Waals surface area contributed by atoms with E-state index in [1.165, 1.54) is 24.3 Å². The lowest BCUT2D eigenvalue weighted by atomic mass is 10.1. The van der Waals surface area contributed by atoms with Crippen molar-refractivity contribution >= 4 is 17.5 Å². The number of hydrogen-bond acceptors (Lipinski definition) is 5. The van der Waals surface area contributed by atoms with Crippen molar-refractivity contribution in [3.05, 3.63) is 59.9 Å². The second-order valence-corrected chi connectivity index (χ2v) is 6.99. The number of nitrogens with zero attached hydrogens (tertiary/aromatic N) is 2. The molecule has 1 aliphatic rings. The summed E-state index contributed by atoms with van der Waals surface area (Å²) < 4.78 is 55.6. The summed E-state index contributed by atoms with van der Waals surface area (Å²) in [5.74, 6) is 0.0288. The molecule has 4 rings (SSSR count). The Morgan fingerprint density at radius 2 is 1.80 bits per heavy atom. The molecule has 0 saturated heterocycles. The number of benzene rings is 2. The summed E-state index contributed by atoms with van der Waals surface area (Å²) in [4.78, 5) is 8.85. The summed E-state index contributed by atoms with van der Waals surface area (Å²) in [5.41, 5.74) is 1.79. The first kappa shape index (κ1) is 19.9. The van der Waals surface area contributed by atoms with E-state index < -0.39 is 6.36 Å². The summed E-state index contributed by atoms with van der Waals surface area (Å²) in [5, 5.41) is 6.25. The fourth-order valence-electron chi connectivity index (χ4n) is 2.87. The third-order valence-corrected chi connectivity index (χ3v) is 4.53. The van der Waals surface area contributed by atoms with Gasteiger partial charge in [0, 0.05) is 28.9 Å². The van der Waals surface area contributed by atoms with Crippen molar-refractivity contribution in [2.45, 2.75) is 32.2 Å². The molecule has 0 atom stereocenters. The monoisotopic (exact) mass is 418 g/mol. The van der Waals surface area contributed by atoms with Gasteiger partial charge < -0.3 is 15.4 Å². The van der Waals surface area contributed by atoms with E-state index in [0.717, 1.165) is 12.8 Å². The van der Waals surface area contributed by atoms with Gasteiger partial charge >= 0.3 is 6.36 Å². The standard InChI is InChI=1S/C21H18F4N4O/c1-12-16(22)6-3-7-17(12)27-19-11-18(28-20(29-19)26-14-8-9-14)13-4-2-5-15(10-13)30-21(23,24)25/h2-7,10-11,14H,8-9H2,1H3,(H2,26,27,28,29). The summed E-state index contributed by atoms with van der Waals surface area (Å²) in [6.45, 7) is 1.64. The van der Waals surface area contributed by atoms with Crippen LogP contribution < -0.4 is 15.4 Å². The molecule has 156 valence electrons. The van der Waals surface area contributed by atoms with Crippen molar-refractivity contribution in [2.24, 2.45) is 0 Å². The molecule has 1 aromatic heterocycles. The molecule has 5 nitrogen and oxygen atoms in total. The molecular formula is C21H18F4N4O. The molecule has 1 aliphatic carbocycles. The molecule has 0 spiro atoms. The molecule has 0 unspecified atom stereocenters. The summed E-state index contributed by atoms with van der Waals surface area (Å²) in [7, 11) is 0. The number of anilines is 3. The Labute approximate surface area is 170 Å². The van der Waals surface area contributed by atoms with Gasteiger partial charge in [-0.1, -0.05) is 18.2 Å². The second-order valence-electron chi connectivity index (χ2n) is 6.99. The minimum Gasteiger partial charge on any atom is -0.406 e. The van der Waals surface area contributed by atoms with Crippen molar-refractivity contribution in [2.75, 3.05) is 10.6 Å². The maximum atomic E-state index is 13.9. The van der Waals surface area contributed by atoms with E-state index >= 15 is 0 Å². The summed E-state index contributed by atoms with van der Waals surface area (Å²) >= 11 is 0. The van der Waals surface area contributed by atoms with Gasteiger partial charge in [-0.05, 0) is 44.0 Å². The predicted octanol–water partition coefficient (Wildman–Crippen LogP) is 5.81. The molecular weight excluding hydrogens is 400 g/mol. The lowest BCUT2D eigenvalue weighted by Crippen LogP contribution is -2.17. The van der Waals surface area contributed by atoms with E-state index in [9.17, 15) is 17.6 Å². The van der Waals surface area contributed by atoms with Crippen LogP contribution in [0.1, 0.15) is 18.4 Å². The maximum absolute atomic E-state index is 13.9. The van der Waals surface area contributed by atoms with Gasteiger partial charge in [0.2, 0.25) is 5.95 Å². The van der Waals surface area contributed by atoms with Crippen LogP contribution in [0.2, 0.25) is 0 Å². The van der Waals surface area contributed by atoms with Crippen LogP contribution >= 0.6 is 0 Å². The molecule has 0 aliphatic heterocycles. The van der Waals surface area contributed by atoms with Gasteiger partial charge in [-0.3, -0.25) is 0 Å². The zero-order valence-corrected chi connectivity index (χ0v) is 15.9. The highest BCUT2D eigenvalue weighted by Crippen LogP contribution is 2.31. The molecule has 3 aromatic rings. The van der Waals surface area contributed by atoms with Gasteiger partial charge in [0.15, 0.2) is 0 Å². The van der Waals surface area contributed by atoms with Crippen molar-refractivity contribution < 1.29 is 22.3 Å². The smallest absolute Gasteiger partial charge is 0.406 e. The number of hydrogen-bond donors (Lipinski definition) is 2. The topological polar surface area (TPSA) is 59.1 Å². The van der Waals surface area contributed by atoms with E-state index in [0.29, 0.717) is 34.3 Å². The van der Waals surface area contributed by atoms with Gasteiger partial charge in [0.1, 0.15) is 17.4 Å². The van der Waals surface area contributed by atoms with E-state index in [-0.39, 0.29) is 17.6 Å². The Hall–Kier alpha value is -3.36. The Bertz CT molecular complexity index is 1070. The van der Waals surface area contributed by atoms with Crippen molar-refractivity contribution in [3.63, 3.8) is 0 Å². The number of rotatable bonds is 6. The molecule has 0 amide bonds. The van der Waals surface area contributed by atoms with Crippen molar-refractivity contribution in [1.29, 1.82) is 0 Å². The third kappa shape index (κ3) is 4.97. The van der Waals surface area contributed by atoms with Crippen LogP contribution in [0, 0.1) is 12.7 Å². The molecule has 2 aromatic carbocycles. The van der Waals surface area contributed by atoms with Crippen LogP contribution in [-0.2, 0) is 0 Å². The van der Waals surface area contributed by atoms with Crippen LogP contribution in [-0.4, -0.2) is 22.4 Å². The minimum atomic E-state index is -4.79. The van der Waals surface area contributed by atoms with Crippen LogP contribution in [0.15, 0.2) is 48.5 Å². The Kier molecular flexibility index (Phi) is 5.19. The Balaban J connectivity index is 1.70. The average Bonchev–Trinajstić information content (AvgIpc) is 3.48. The Morgan fingerprint density at radius 1 is 1.03 bits per heavy atom. The van der Waals surface area contributed by atoms with Gasteiger partial charge in [-0.25, -0.2) is 9.37 Å². The van der Waals surface area contributed by atoms with Gasteiger partial charge in [0.25, 0.3) is 0 Å². The highest BCUT2D eigenvalue weighted by Gasteiger charge is 2.31. The maximum Gasteiger partial charge on any atom is 0.573 e. The fraction of sp³-hybridized carbons (Fsp3) is 0.238. The second kappa shape index (κ2) is 7.81. The first-order chi connectivity index (χ1) is 14.3. The van der Waals surface area contributed by atoms with Crippen LogP contribution in [0.5, 0.6) is 5.75 Å². The lowest BCUT2D eigenvalue weighted by molar-refractivity contribution is -0.274. The number of aromatic nitrogens is 2. The summed E-state index contributed by atoms with van der Waals surface area (Å²) in [6, 6.07) is 12.1. The zero-order valence-electron chi connectivity index (χ0n) is 15.9. The molecule has 0 radical (unpaired) electrons. The molecule has 0 bridgehead atoms. The zero-order chi connectivity index (χ0) is 21.3. The first-order valence-electron chi connectivity index (χ1n) is 9.31. The molecule has 1 saturated carbocycles. The lowest BCUT2D eigenvalue weighted by Gasteiger charge is -2.14. The van der Waals surface area contributed by atoms with Crippen LogP contribution in [0.25, 0.3) is 11.3 Å². The minimum absolute atomic E-state index is 0.268. The molecule has 2 N–H and O–H groups in total. The van der Waals surface area contributed by atoms with E-state index in [1.807, 2.05) is 0 Å². The van der Waals surface area contributed by atoms with E-state index in [4.69, 9.17) is 0 Å². The molecule has 9 heteroatoms. The van der Waals surface area contributed by atoms with Gasteiger partial charge in [-0.2, -0.15) is 4.98 Å². The highest BCUT2D eigenvalue weighted by atomic mass is 19.4. The molecule has 30 heavy (non-hydrogen) atoms. The fourth-order valence-corrected chi connectivity index (χ4v) is 2.87. The SMILES string of the molecule is Cc1c(F)cccc1Nc1cc(-c2cccc(OC(F)(F)F)c2)nc(NC2CC2)n1. The number of ether oxygens (including phenoxy) is 1. The first-order valence-corrected chi connectivity index (χ1v) is 9.31. The molecule has 1 fully saturated rings. The highest BCUT2D eigenvalue weighted by molar-refractivity contribution is 5.69. The number of alkyl halides is 3. The van der Waals surface area contributed by atoms with Gasteiger partial charge in [-0.15, -0.1) is 13.2 Å². The van der Waals surface area contributed by atoms with Gasteiger partial charge in [0.05, 0.1) is 5.69 Å². The van der Waals surface area contributed by atoms with Crippen LogP contribution in [0.3, 0.4) is 0 Å². The summed E-state index contributed by atoms with van der Waals surface area (Å²) in [6.07, 6.45) is -2.80. The quantitative estimate of drug-likeness (QED) is 0.495. The number of halogens is 4. The van der Waals surface area contributed by atoms with E-state index in [2.05, 4.69) is 25.3 Å². The van der Waals surface area contributed by atoms with Crippen molar-refractivity contribution in [3.8, 4) is 17.0 Å². The van der Waals surface area contributed by atoms with Crippen molar-refractivity contribution in [1.82, 2.24) is 9.97 Å². The van der Waals surface area contributed by atoms with Crippen LogP contribution in [0.4, 0.5) is 35.0 Å². The third-order valence-electron chi connectivity index (χ3n) is 4.53.